The van der Waals surface area contributed by atoms with Crippen molar-refractivity contribution in [2.45, 2.75) is 26.7 Å². The molecule has 0 saturated heterocycles. The Morgan fingerprint density at radius 1 is 0.853 bits per heavy atom. The summed E-state index contributed by atoms with van der Waals surface area (Å²) >= 11 is 0. The zero-order valence-electron chi connectivity index (χ0n) is 19.2. The summed E-state index contributed by atoms with van der Waals surface area (Å²) in [5, 5.41) is 0. The summed E-state index contributed by atoms with van der Waals surface area (Å²) in [6, 6.07) is 21.2. The van der Waals surface area contributed by atoms with Gasteiger partial charge in [-0.2, -0.15) is 0 Å². The maximum atomic E-state index is 12.5. The number of hydrogen-bond donors (Lipinski definition) is 1. The maximum absolute atomic E-state index is 12.5. The van der Waals surface area contributed by atoms with Crippen LogP contribution in [0.4, 0.5) is 0 Å². The molecule has 3 aromatic carbocycles. The molecule has 1 unspecified atom stereocenters. The van der Waals surface area contributed by atoms with Gasteiger partial charge in [0.15, 0.2) is 0 Å². The van der Waals surface area contributed by atoms with Gasteiger partial charge in [-0.05, 0) is 73.0 Å². The van der Waals surface area contributed by atoms with E-state index in [4.69, 9.17) is 24.7 Å². The third-order valence-electron chi connectivity index (χ3n) is 4.64. The number of nitrogens with two attached hydrogens (primary N) is 1. The first-order valence-electron chi connectivity index (χ1n) is 10.8. The number of carbonyl (C=O) groups excluding carboxylic acids is 2. The first-order valence-corrected chi connectivity index (χ1v) is 10.8. The number of carbonyl (C=O) groups is 2. The van der Waals surface area contributed by atoms with Crippen LogP contribution < -0.4 is 19.9 Å². The SMILES string of the molecule is C=C(C)C(=O)OC(N)Oc1ccc(C(=O)Oc2ccc(-c3ccc(OCCC)cc3)cc2)cc1. The molecule has 7 heteroatoms. The Labute approximate surface area is 198 Å². The van der Waals surface area contributed by atoms with Crippen LogP contribution >= 0.6 is 0 Å². The minimum atomic E-state index is -1.29. The highest BCUT2D eigenvalue weighted by molar-refractivity contribution is 5.91. The summed E-state index contributed by atoms with van der Waals surface area (Å²) in [6.45, 7) is 7.73. The van der Waals surface area contributed by atoms with Gasteiger partial charge in [0.1, 0.15) is 17.2 Å². The Morgan fingerprint density at radius 3 is 1.91 bits per heavy atom. The second-order valence-corrected chi connectivity index (χ2v) is 7.48. The molecule has 0 saturated carbocycles. The molecule has 1 atom stereocenters. The van der Waals surface area contributed by atoms with Crippen molar-refractivity contribution >= 4 is 11.9 Å². The first kappa shape index (κ1) is 24.5. The minimum Gasteiger partial charge on any atom is -0.494 e. The molecule has 34 heavy (non-hydrogen) atoms. The van der Waals surface area contributed by atoms with Gasteiger partial charge in [-0.25, -0.2) is 9.59 Å². The monoisotopic (exact) mass is 461 g/mol. The van der Waals surface area contributed by atoms with Gasteiger partial charge < -0.3 is 18.9 Å². The molecule has 0 radical (unpaired) electrons. The largest absolute Gasteiger partial charge is 0.494 e. The van der Waals surface area contributed by atoms with Gasteiger partial charge in [0, 0.05) is 5.57 Å². The maximum Gasteiger partial charge on any atom is 0.343 e. The van der Waals surface area contributed by atoms with E-state index in [2.05, 4.69) is 13.5 Å². The van der Waals surface area contributed by atoms with Crippen molar-refractivity contribution in [1.82, 2.24) is 0 Å². The van der Waals surface area contributed by atoms with E-state index >= 15 is 0 Å². The van der Waals surface area contributed by atoms with Crippen molar-refractivity contribution in [2.75, 3.05) is 6.61 Å². The lowest BCUT2D eigenvalue weighted by Crippen LogP contribution is -2.33. The second-order valence-electron chi connectivity index (χ2n) is 7.48. The Hall–Kier alpha value is -4.10. The van der Waals surface area contributed by atoms with Gasteiger partial charge in [0.05, 0.1) is 12.2 Å². The highest BCUT2D eigenvalue weighted by Crippen LogP contribution is 2.25. The molecule has 0 heterocycles. The van der Waals surface area contributed by atoms with E-state index in [1.165, 1.54) is 31.2 Å². The molecule has 0 bridgehead atoms. The lowest BCUT2D eigenvalue weighted by Gasteiger charge is -2.15. The lowest BCUT2D eigenvalue weighted by atomic mass is 10.1. The minimum absolute atomic E-state index is 0.208. The van der Waals surface area contributed by atoms with E-state index in [1.807, 2.05) is 36.4 Å². The summed E-state index contributed by atoms with van der Waals surface area (Å²) in [5.74, 6) is 0.411. The van der Waals surface area contributed by atoms with Gasteiger partial charge in [0.25, 0.3) is 0 Å². The van der Waals surface area contributed by atoms with Gasteiger partial charge in [-0.1, -0.05) is 37.8 Å². The highest BCUT2D eigenvalue weighted by atomic mass is 16.7. The molecule has 0 aromatic heterocycles. The summed E-state index contributed by atoms with van der Waals surface area (Å²) in [6.07, 6.45) is -0.332. The lowest BCUT2D eigenvalue weighted by molar-refractivity contribution is -0.157. The van der Waals surface area contributed by atoms with Gasteiger partial charge >= 0.3 is 18.4 Å². The molecule has 0 fully saturated rings. The van der Waals surface area contributed by atoms with Crippen LogP contribution in [0.15, 0.2) is 84.9 Å². The van der Waals surface area contributed by atoms with E-state index in [0.717, 1.165) is 23.3 Å². The Bertz CT molecular complexity index is 1120. The second kappa shape index (κ2) is 11.7. The molecule has 0 aliphatic heterocycles. The Kier molecular flexibility index (Phi) is 8.43. The van der Waals surface area contributed by atoms with Crippen molar-refractivity contribution in [3.05, 3.63) is 90.5 Å². The van der Waals surface area contributed by atoms with Crippen LogP contribution in [0.2, 0.25) is 0 Å². The van der Waals surface area contributed by atoms with Crippen molar-refractivity contribution in [1.29, 1.82) is 0 Å². The topological polar surface area (TPSA) is 97.1 Å². The summed E-state index contributed by atoms with van der Waals surface area (Å²) in [7, 11) is 0. The van der Waals surface area contributed by atoms with E-state index in [1.54, 1.807) is 12.1 Å². The predicted octanol–water partition coefficient (Wildman–Crippen LogP) is 5.10. The number of esters is 2. The quantitative estimate of drug-likeness (QED) is 0.194. The zero-order valence-corrected chi connectivity index (χ0v) is 19.2. The third kappa shape index (κ3) is 6.95. The molecule has 7 nitrogen and oxygen atoms in total. The normalized spacial score (nSPS) is 11.3. The summed E-state index contributed by atoms with van der Waals surface area (Å²) in [4.78, 5) is 23.9. The van der Waals surface area contributed by atoms with Crippen molar-refractivity contribution in [2.24, 2.45) is 5.73 Å². The molecule has 3 aromatic rings. The third-order valence-corrected chi connectivity index (χ3v) is 4.64. The molecule has 0 aliphatic carbocycles. The fraction of sp³-hybridized carbons (Fsp3) is 0.185. The van der Waals surface area contributed by atoms with Crippen LogP contribution in [0.3, 0.4) is 0 Å². The number of ether oxygens (including phenoxy) is 4. The van der Waals surface area contributed by atoms with E-state index in [-0.39, 0.29) is 5.57 Å². The summed E-state index contributed by atoms with van der Waals surface area (Å²) < 4.78 is 21.2. The van der Waals surface area contributed by atoms with Crippen molar-refractivity contribution in [3.8, 4) is 28.4 Å². The van der Waals surface area contributed by atoms with Gasteiger partial charge in [-0.15, -0.1) is 0 Å². The predicted molar refractivity (Wildman–Crippen MR) is 129 cm³/mol. The average molecular weight is 462 g/mol. The van der Waals surface area contributed by atoms with Crippen LogP contribution in [0, 0.1) is 0 Å². The van der Waals surface area contributed by atoms with Crippen LogP contribution in [-0.4, -0.2) is 25.0 Å². The molecule has 176 valence electrons. The zero-order chi connectivity index (χ0) is 24.5. The first-order chi connectivity index (χ1) is 16.4. The fourth-order valence-electron chi connectivity index (χ4n) is 2.88. The van der Waals surface area contributed by atoms with Crippen LogP contribution in [0.25, 0.3) is 11.1 Å². The van der Waals surface area contributed by atoms with Crippen molar-refractivity contribution < 1.29 is 28.5 Å². The van der Waals surface area contributed by atoms with E-state index in [0.29, 0.717) is 23.7 Å². The average Bonchev–Trinajstić information content (AvgIpc) is 2.84. The molecule has 0 amide bonds. The Balaban J connectivity index is 1.56. The van der Waals surface area contributed by atoms with Gasteiger partial charge in [-0.3, -0.25) is 5.73 Å². The number of hydrogen-bond acceptors (Lipinski definition) is 7. The smallest absolute Gasteiger partial charge is 0.343 e. The fourth-order valence-corrected chi connectivity index (χ4v) is 2.88. The van der Waals surface area contributed by atoms with Crippen molar-refractivity contribution in [3.63, 3.8) is 0 Å². The molecule has 0 spiro atoms. The highest BCUT2D eigenvalue weighted by Gasteiger charge is 2.13. The van der Waals surface area contributed by atoms with E-state index < -0.39 is 18.4 Å². The Morgan fingerprint density at radius 2 is 1.38 bits per heavy atom. The standard InChI is InChI=1S/C27H27NO6/c1-4-17-31-22-11-5-19(6-12-22)20-7-13-23(14-8-20)32-26(30)21-9-15-24(16-10-21)33-27(28)34-25(29)18(2)3/h5-16,27H,2,4,17,28H2,1,3H3. The number of rotatable bonds is 10. The molecule has 2 N–H and O–H groups in total. The molecular weight excluding hydrogens is 434 g/mol. The van der Waals surface area contributed by atoms with Crippen LogP contribution in [0.5, 0.6) is 17.2 Å². The molecule has 3 rings (SSSR count). The van der Waals surface area contributed by atoms with Crippen LogP contribution in [0.1, 0.15) is 30.6 Å². The summed E-state index contributed by atoms with van der Waals surface area (Å²) in [5.41, 5.74) is 8.18. The number of benzene rings is 3. The van der Waals surface area contributed by atoms with Gasteiger partial charge in [0.2, 0.25) is 0 Å². The van der Waals surface area contributed by atoms with E-state index in [9.17, 15) is 9.59 Å². The molecular formula is C27H27NO6. The molecule has 0 aliphatic rings. The van der Waals surface area contributed by atoms with Crippen LogP contribution in [-0.2, 0) is 9.53 Å².